The predicted molar refractivity (Wildman–Crippen MR) is 80.4 cm³/mol. The highest BCUT2D eigenvalue weighted by Gasteiger charge is 2.10. The van der Waals surface area contributed by atoms with Gasteiger partial charge in [0.1, 0.15) is 5.82 Å². The summed E-state index contributed by atoms with van der Waals surface area (Å²) in [6.45, 7) is 6.15. The van der Waals surface area contributed by atoms with Crippen molar-refractivity contribution in [3.8, 4) is 0 Å². The van der Waals surface area contributed by atoms with Gasteiger partial charge in [0, 0.05) is 30.2 Å². The molecule has 2 N–H and O–H groups in total. The number of halogens is 1. The highest BCUT2D eigenvalue weighted by Crippen LogP contribution is 2.16. The molecule has 0 saturated heterocycles. The molecule has 1 aromatic rings. The molecule has 94 valence electrons. The first kappa shape index (κ1) is 14.4. The Bertz CT molecular complexity index is 365. The standard InChI is InChI=1S/C12H18BrN3S/c1-9(2)8-16(6-5-11(14)17)12-4-3-10(13)7-15-12/h3-4,7,9H,5-6,8H2,1-2H3,(H2,14,17). The van der Waals surface area contributed by atoms with Crippen molar-refractivity contribution >= 4 is 39.0 Å². The van der Waals surface area contributed by atoms with Gasteiger partial charge in [0.15, 0.2) is 0 Å². The zero-order chi connectivity index (χ0) is 12.8. The van der Waals surface area contributed by atoms with Gasteiger partial charge in [-0.15, -0.1) is 0 Å². The minimum atomic E-state index is 0.552. The zero-order valence-electron chi connectivity index (χ0n) is 10.2. The van der Waals surface area contributed by atoms with Gasteiger partial charge in [0.05, 0.1) is 4.99 Å². The molecule has 0 aromatic carbocycles. The molecule has 0 spiro atoms. The van der Waals surface area contributed by atoms with Crippen molar-refractivity contribution in [1.82, 2.24) is 4.98 Å². The van der Waals surface area contributed by atoms with Gasteiger partial charge in [-0.25, -0.2) is 4.98 Å². The number of nitrogens with zero attached hydrogens (tertiary/aromatic N) is 2. The average molecular weight is 316 g/mol. The molecule has 0 aliphatic carbocycles. The van der Waals surface area contributed by atoms with Gasteiger partial charge in [-0.05, 0) is 34.0 Å². The van der Waals surface area contributed by atoms with E-state index in [0.717, 1.165) is 29.8 Å². The molecule has 0 aliphatic rings. The average Bonchev–Trinajstić information content (AvgIpc) is 2.25. The molecule has 0 bridgehead atoms. The molecular formula is C12H18BrN3S. The monoisotopic (exact) mass is 315 g/mol. The summed E-state index contributed by atoms with van der Waals surface area (Å²) < 4.78 is 0.986. The highest BCUT2D eigenvalue weighted by molar-refractivity contribution is 9.10. The molecule has 0 fully saturated rings. The maximum absolute atomic E-state index is 5.55. The van der Waals surface area contributed by atoms with E-state index < -0.39 is 0 Å². The predicted octanol–water partition coefficient (Wildman–Crippen LogP) is 2.98. The van der Waals surface area contributed by atoms with E-state index in [1.54, 1.807) is 0 Å². The molecule has 0 radical (unpaired) electrons. The molecule has 1 rings (SSSR count). The quantitative estimate of drug-likeness (QED) is 0.819. The Labute approximate surface area is 117 Å². The number of pyridine rings is 1. The van der Waals surface area contributed by atoms with Crippen LogP contribution in [-0.4, -0.2) is 23.1 Å². The van der Waals surface area contributed by atoms with Crippen LogP contribution in [0, 0.1) is 5.92 Å². The van der Waals surface area contributed by atoms with Crippen LogP contribution in [0.4, 0.5) is 5.82 Å². The molecule has 1 aromatic heterocycles. The number of nitrogens with two attached hydrogens (primary N) is 1. The second-order valence-corrected chi connectivity index (χ2v) is 5.83. The van der Waals surface area contributed by atoms with Gasteiger partial charge < -0.3 is 10.6 Å². The van der Waals surface area contributed by atoms with E-state index in [1.165, 1.54) is 0 Å². The first-order chi connectivity index (χ1) is 7.99. The molecule has 17 heavy (non-hydrogen) atoms. The minimum absolute atomic E-state index is 0.552. The maximum Gasteiger partial charge on any atom is 0.128 e. The lowest BCUT2D eigenvalue weighted by Gasteiger charge is -2.25. The second kappa shape index (κ2) is 6.91. The Hall–Kier alpha value is -0.680. The summed E-state index contributed by atoms with van der Waals surface area (Å²) >= 11 is 8.31. The van der Waals surface area contributed by atoms with Crippen LogP contribution >= 0.6 is 28.1 Å². The van der Waals surface area contributed by atoms with Crippen LogP contribution in [0.5, 0.6) is 0 Å². The van der Waals surface area contributed by atoms with E-state index in [0.29, 0.717) is 10.9 Å². The van der Waals surface area contributed by atoms with Crippen molar-refractivity contribution in [2.75, 3.05) is 18.0 Å². The largest absolute Gasteiger partial charge is 0.393 e. The molecule has 0 saturated carbocycles. The van der Waals surface area contributed by atoms with Crippen molar-refractivity contribution in [1.29, 1.82) is 0 Å². The third-order valence-corrected chi connectivity index (χ3v) is 2.92. The fourth-order valence-electron chi connectivity index (χ4n) is 1.54. The Morgan fingerprint density at radius 1 is 1.53 bits per heavy atom. The van der Waals surface area contributed by atoms with Crippen molar-refractivity contribution in [3.63, 3.8) is 0 Å². The molecule has 0 atom stereocenters. The van der Waals surface area contributed by atoms with Crippen LogP contribution in [0.1, 0.15) is 20.3 Å². The molecule has 5 heteroatoms. The number of hydrogen-bond donors (Lipinski definition) is 1. The normalized spacial score (nSPS) is 10.6. The van der Waals surface area contributed by atoms with Gasteiger partial charge in [-0.2, -0.15) is 0 Å². The van der Waals surface area contributed by atoms with Crippen molar-refractivity contribution in [2.24, 2.45) is 11.7 Å². The Morgan fingerprint density at radius 2 is 2.24 bits per heavy atom. The zero-order valence-corrected chi connectivity index (χ0v) is 12.6. The number of rotatable bonds is 6. The lowest BCUT2D eigenvalue weighted by Crippen LogP contribution is -2.31. The lowest BCUT2D eigenvalue weighted by molar-refractivity contribution is 0.609. The summed E-state index contributed by atoms with van der Waals surface area (Å²) in [4.78, 5) is 7.17. The molecule has 1 heterocycles. The molecule has 0 amide bonds. The van der Waals surface area contributed by atoms with Crippen LogP contribution < -0.4 is 10.6 Å². The third-order valence-electron chi connectivity index (χ3n) is 2.25. The summed E-state index contributed by atoms with van der Waals surface area (Å²) in [7, 11) is 0. The fraction of sp³-hybridized carbons (Fsp3) is 0.500. The van der Waals surface area contributed by atoms with Crippen molar-refractivity contribution in [2.45, 2.75) is 20.3 Å². The van der Waals surface area contributed by atoms with Crippen LogP contribution in [0.2, 0.25) is 0 Å². The first-order valence-electron chi connectivity index (χ1n) is 5.64. The third kappa shape index (κ3) is 5.46. The van der Waals surface area contributed by atoms with Gasteiger partial charge in [-0.3, -0.25) is 0 Å². The van der Waals surface area contributed by atoms with Crippen LogP contribution in [0.25, 0.3) is 0 Å². The van der Waals surface area contributed by atoms with Gasteiger partial charge >= 0.3 is 0 Å². The number of thiocarbonyl (C=S) groups is 1. The van der Waals surface area contributed by atoms with E-state index in [4.69, 9.17) is 18.0 Å². The molecule has 0 unspecified atom stereocenters. The fourth-order valence-corrected chi connectivity index (χ4v) is 1.87. The smallest absolute Gasteiger partial charge is 0.128 e. The number of aromatic nitrogens is 1. The van der Waals surface area contributed by atoms with Crippen molar-refractivity contribution in [3.05, 3.63) is 22.8 Å². The first-order valence-corrected chi connectivity index (χ1v) is 6.84. The summed E-state index contributed by atoms with van der Waals surface area (Å²) in [5.41, 5.74) is 5.55. The van der Waals surface area contributed by atoms with Crippen LogP contribution in [0.3, 0.4) is 0 Å². The summed E-state index contributed by atoms with van der Waals surface area (Å²) in [5.74, 6) is 1.55. The molecule has 3 nitrogen and oxygen atoms in total. The van der Waals surface area contributed by atoms with Crippen LogP contribution in [0.15, 0.2) is 22.8 Å². The van der Waals surface area contributed by atoms with Crippen LogP contribution in [-0.2, 0) is 0 Å². The lowest BCUT2D eigenvalue weighted by atomic mass is 10.2. The second-order valence-electron chi connectivity index (χ2n) is 4.39. The van der Waals surface area contributed by atoms with E-state index in [-0.39, 0.29) is 0 Å². The Morgan fingerprint density at radius 3 is 2.71 bits per heavy atom. The van der Waals surface area contributed by atoms with E-state index in [2.05, 4.69) is 39.7 Å². The van der Waals surface area contributed by atoms with Gasteiger partial charge in [0.25, 0.3) is 0 Å². The SMILES string of the molecule is CC(C)CN(CCC(N)=S)c1ccc(Br)cn1. The molecular weight excluding hydrogens is 298 g/mol. The van der Waals surface area contributed by atoms with Crippen molar-refractivity contribution < 1.29 is 0 Å². The number of hydrogen-bond acceptors (Lipinski definition) is 3. The topological polar surface area (TPSA) is 42.1 Å². The van der Waals surface area contributed by atoms with Gasteiger partial charge in [0.2, 0.25) is 0 Å². The van der Waals surface area contributed by atoms with E-state index >= 15 is 0 Å². The van der Waals surface area contributed by atoms with E-state index in [1.807, 2.05) is 18.3 Å². The number of anilines is 1. The van der Waals surface area contributed by atoms with E-state index in [9.17, 15) is 0 Å². The minimum Gasteiger partial charge on any atom is -0.393 e. The maximum atomic E-state index is 5.55. The van der Waals surface area contributed by atoms with Gasteiger partial charge in [-0.1, -0.05) is 26.1 Å². The highest BCUT2D eigenvalue weighted by atomic mass is 79.9. The molecule has 0 aliphatic heterocycles. The Kier molecular flexibility index (Phi) is 5.85. The summed E-state index contributed by atoms with van der Waals surface area (Å²) in [6, 6.07) is 4.00. The summed E-state index contributed by atoms with van der Waals surface area (Å²) in [6.07, 6.45) is 2.53. The Balaban J connectivity index is 2.74. The summed E-state index contributed by atoms with van der Waals surface area (Å²) in [5, 5.41) is 0.